The average molecular weight is 443 g/mol. The molecule has 33 heavy (non-hydrogen) atoms. The average Bonchev–Trinajstić information content (AvgIpc) is 3.36. The van der Waals surface area contributed by atoms with E-state index in [1.807, 2.05) is 36.4 Å². The number of ether oxygens (including phenoxy) is 1. The number of rotatable bonds is 5. The van der Waals surface area contributed by atoms with Crippen molar-refractivity contribution in [3.05, 3.63) is 94.0 Å². The zero-order valence-electron chi connectivity index (χ0n) is 17.6. The van der Waals surface area contributed by atoms with Gasteiger partial charge >= 0.3 is 18.0 Å². The number of hydrogen-bond donors (Lipinski definition) is 3. The SMILES string of the molecule is O=C(NC1CCc2c(C(=O)O)cc(C(=O)O)cc21)OCC1c2ccccc2-c2ccccc21. The summed E-state index contributed by atoms with van der Waals surface area (Å²) < 4.78 is 5.59. The van der Waals surface area contributed by atoms with Gasteiger partial charge in [-0.25, -0.2) is 14.4 Å². The normalized spacial score (nSPS) is 15.9. The maximum absolute atomic E-state index is 12.7. The highest BCUT2D eigenvalue weighted by Crippen LogP contribution is 2.44. The summed E-state index contributed by atoms with van der Waals surface area (Å²) >= 11 is 0. The van der Waals surface area contributed by atoms with E-state index in [2.05, 4.69) is 17.4 Å². The molecule has 1 atom stereocenters. The first-order chi connectivity index (χ1) is 15.9. The number of aromatic carboxylic acids is 2. The number of amides is 1. The summed E-state index contributed by atoms with van der Waals surface area (Å²) in [4.78, 5) is 35.7. The van der Waals surface area contributed by atoms with Crippen LogP contribution >= 0.6 is 0 Å². The second-order valence-electron chi connectivity index (χ2n) is 8.26. The Balaban J connectivity index is 1.33. The third-order valence-electron chi connectivity index (χ3n) is 6.46. The Morgan fingerprint density at radius 1 is 0.879 bits per heavy atom. The molecule has 7 nitrogen and oxygen atoms in total. The van der Waals surface area contributed by atoms with Crippen LogP contribution < -0.4 is 5.32 Å². The van der Waals surface area contributed by atoms with Gasteiger partial charge in [-0.2, -0.15) is 0 Å². The number of carboxylic acid groups (broad SMARTS) is 2. The summed E-state index contributed by atoms with van der Waals surface area (Å²) in [7, 11) is 0. The molecule has 0 saturated heterocycles. The number of benzene rings is 3. The van der Waals surface area contributed by atoms with Crippen LogP contribution in [0.1, 0.15) is 61.4 Å². The summed E-state index contributed by atoms with van der Waals surface area (Å²) in [5, 5.41) is 21.6. The van der Waals surface area contributed by atoms with Crippen molar-refractivity contribution in [2.45, 2.75) is 24.8 Å². The zero-order valence-corrected chi connectivity index (χ0v) is 17.6. The Morgan fingerprint density at radius 2 is 1.52 bits per heavy atom. The quantitative estimate of drug-likeness (QED) is 0.531. The molecule has 7 heteroatoms. The summed E-state index contributed by atoms with van der Waals surface area (Å²) in [5.41, 5.74) is 5.39. The first kappa shape index (κ1) is 20.8. The minimum atomic E-state index is -1.22. The van der Waals surface area contributed by atoms with Crippen LogP contribution in [0.5, 0.6) is 0 Å². The third kappa shape index (κ3) is 3.61. The predicted octanol–water partition coefficient (Wildman–Crippen LogP) is 4.61. The molecule has 0 bridgehead atoms. The number of fused-ring (bicyclic) bond motifs is 4. The van der Waals surface area contributed by atoms with E-state index in [0.717, 1.165) is 22.3 Å². The van der Waals surface area contributed by atoms with E-state index in [9.17, 15) is 24.6 Å². The first-order valence-electron chi connectivity index (χ1n) is 10.7. The maximum atomic E-state index is 12.7. The molecule has 0 spiro atoms. The number of carbonyl (C=O) groups is 3. The molecule has 3 N–H and O–H groups in total. The van der Waals surface area contributed by atoms with Crippen LogP contribution in [0.4, 0.5) is 4.79 Å². The number of carbonyl (C=O) groups excluding carboxylic acids is 1. The molecule has 5 rings (SSSR count). The van der Waals surface area contributed by atoms with Crippen molar-refractivity contribution in [1.29, 1.82) is 0 Å². The van der Waals surface area contributed by atoms with Crippen LogP contribution in [0.15, 0.2) is 60.7 Å². The molecular weight excluding hydrogens is 422 g/mol. The van der Waals surface area contributed by atoms with Crippen molar-refractivity contribution in [3.63, 3.8) is 0 Å². The molecule has 0 saturated carbocycles. The van der Waals surface area contributed by atoms with Gasteiger partial charge in [0.15, 0.2) is 0 Å². The van der Waals surface area contributed by atoms with Gasteiger partial charge in [0.1, 0.15) is 6.61 Å². The van der Waals surface area contributed by atoms with Gasteiger partial charge in [0.05, 0.1) is 17.2 Å². The Morgan fingerprint density at radius 3 is 2.12 bits per heavy atom. The highest BCUT2D eigenvalue weighted by atomic mass is 16.5. The number of alkyl carbamates (subject to hydrolysis) is 1. The molecule has 0 aliphatic heterocycles. The Labute approximate surface area is 189 Å². The van der Waals surface area contributed by atoms with E-state index in [4.69, 9.17) is 4.74 Å². The Hall–Kier alpha value is -4.13. The second-order valence-corrected chi connectivity index (χ2v) is 8.26. The zero-order chi connectivity index (χ0) is 23.1. The minimum absolute atomic E-state index is 0.0401. The van der Waals surface area contributed by atoms with Crippen LogP contribution in [0, 0.1) is 0 Å². The highest BCUT2D eigenvalue weighted by Gasteiger charge is 2.32. The van der Waals surface area contributed by atoms with Gasteiger partial charge in [0, 0.05) is 5.92 Å². The van der Waals surface area contributed by atoms with Crippen molar-refractivity contribution < 1.29 is 29.3 Å². The third-order valence-corrected chi connectivity index (χ3v) is 6.46. The van der Waals surface area contributed by atoms with Gasteiger partial charge in [-0.1, -0.05) is 48.5 Å². The van der Waals surface area contributed by atoms with E-state index in [1.165, 1.54) is 12.1 Å². The van der Waals surface area contributed by atoms with Gasteiger partial charge in [0.25, 0.3) is 0 Å². The molecule has 2 aliphatic rings. The van der Waals surface area contributed by atoms with Gasteiger partial charge < -0.3 is 20.3 Å². The molecule has 0 radical (unpaired) electrons. The van der Waals surface area contributed by atoms with Crippen molar-refractivity contribution in [2.24, 2.45) is 0 Å². The molecule has 0 fully saturated rings. The maximum Gasteiger partial charge on any atom is 0.407 e. The molecule has 2 aliphatic carbocycles. The lowest BCUT2D eigenvalue weighted by Gasteiger charge is -2.18. The van der Waals surface area contributed by atoms with E-state index in [1.54, 1.807) is 0 Å². The molecule has 0 heterocycles. The number of carboxylic acids is 2. The van der Waals surface area contributed by atoms with Crippen LogP contribution in [0.2, 0.25) is 0 Å². The molecule has 0 aromatic heterocycles. The van der Waals surface area contributed by atoms with E-state index in [-0.39, 0.29) is 23.7 Å². The van der Waals surface area contributed by atoms with Crippen LogP contribution in [0.3, 0.4) is 0 Å². The Kier molecular flexibility index (Phi) is 5.09. The molecular formula is C26H21NO6. The van der Waals surface area contributed by atoms with Crippen LogP contribution in [0.25, 0.3) is 11.1 Å². The summed E-state index contributed by atoms with van der Waals surface area (Å²) in [6, 6.07) is 18.2. The van der Waals surface area contributed by atoms with E-state index < -0.39 is 24.1 Å². The minimum Gasteiger partial charge on any atom is -0.478 e. The lowest BCUT2D eigenvalue weighted by molar-refractivity contribution is 0.0695. The first-order valence-corrected chi connectivity index (χ1v) is 10.7. The number of nitrogens with one attached hydrogen (secondary N) is 1. The van der Waals surface area contributed by atoms with Crippen molar-refractivity contribution in [2.75, 3.05) is 6.61 Å². The van der Waals surface area contributed by atoms with Crippen LogP contribution in [-0.4, -0.2) is 34.9 Å². The molecule has 3 aromatic rings. The smallest absolute Gasteiger partial charge is 0.407 e. The topological polar surface area (TPSA) is 113 Å². The van der Waals surface area contributed by atoms with Crippen LogP contribution in [-0.2, 0) is 11.2 Å². The molecule has 1 unspecified atom stereocenters. The van der Waals surface area contributed by atoms with Gasteiger partial charge in [-0.3, -0.25) is 0 Å². The Bertz CT molecular complexity index is 1250. The van der Waals surface area contributed by atoms with Crippen molar-refractivity contribution in [1.82, 2.24) is 5.32 Å². The van der Waals surface area contributed by atoms with Crippen molar-refractivity contribution in [3.8, 4) is 11.1 Å². The van der Waals surface area contributed by atoms with E-state index in [0.29, 0.717) is 24.0 Å². The fraction of sp³-hybridized carbons (Fsp3) is 0.192. The van der Waals surface area contributed by atoms with Crippen molar-refractivity contribution >= 4 is 18.0 Å². The second kappa shape index (κ2) is 8.09. The van der Waals surface area contributed by atoms with Gasteiger partial charge in [-0.15, -0.1) is 0 Å². The van der Waals surface area contributed by atoms with Gasteiger partial charge in [-0.05, 0) is 58.4 Å². The van der Waals surface area contributed by atoms with E-state index >= 15 is 0 Å². The lowest BCUT2D eigenvalue weighted by Crippen LogP contribution is -2.29. The largest absolute Gasteiger partial charge is 0.478 e. The van der Waals surface area contributed by atoms with Gasteiger partial charge in [0.2, 0.25) is 0 Å². The summed E-state index contributed by atoms with van der Waals surface area (Å²) in [6.07, 6.45) is 0.293. The number of hydrogen-bond acceptors (Lipinski definition) is 4. The fourth-order valence-electron chi connectivity index (χ4n) is 4.98. The summed E-state index contributed by atoms with van der Waals surface area (Å²) in [5.74, 6) is -2.47. The predicted molar refractivity (Wildman–Crippen MR) is 120 cm³/mol. The molecule has 166 valence electrons. The molecule has 3 aromatic carbocycles. The standard InChI is InChI=1S/C26H21NO6/c28-24(29)14-11-20-19(21(12-14)25(30)31)9-10-23(20)27-26(32)33-13-22-17-7-3-1-5-15(17)16-6-2-4-8-18(16)22/h1-8,11-12,22-23H,9-10,13H2,(H,27,32)(H,28,29)(H,30,31). The fourth-order valence-corrected chi connectivity index (χ4v) is 4.98. The molecule has 1 amide bonds. The summed E-state index contributed by atoms with van der Waals surface area (Å²) in [6.45, 7) is 0.162. The highest BCUT2D eigenvalue weighted by molar-refractivity contribution is 5.96. The lowest BCUT2D eigenvalue weighted by atomic mass is 9.98. The monoisotopic (exact) mass is 443 g/mol.